The van der Waals surface area contributed by atoms with Gasteiger partial charge in [0.25, 0.3) is 0 Å². The van der Waals surface area contributed by atoms with Gasteiger partial charge in [0.05, 0.1) is 19.1 Å². The fourth-order valence-corrected chi connectivity index (χ4v) is 2.79. The Balaban J connectivity index is 1.49. The van der Waals surface area contributed by atoms with E-state index in [1.54, 1.807) is 18.2 Å². The van der Waals surface area contributed by atoms with Gasteiger partial charge in [0.2, 0.25) is 5.91 Å². The molecule has 22 heavy (non-hydrogen) atoms. The van der Waals surface area contributed by atoms with E-state index in [0.29, 0.717) is 0 Å². The summed E-state index contributed by atoms with van der Waals surface area (Å²) in [5.41, 5.74) is 2.50. The summed E-state index contributed by atoms with van der Waals surface area (Å²) in [6.07, 6.45) is 2.14. The van der Waals surface area contributed by atoms with Gasteiger partial charge in [-0.05, 0) is 36.1 Å². The lowest BCUT2D eigenvalue weighted by molar-refractivity contribution is -0.122. The number of amides is 1. The Bertz CT molecular complexity index is 672. The van der Waals surface area contributed by atoms with Crippen LogP contribution >= 0.6 is 0 Å². The summed E-state index contributed by atoms with van der Waals surface area (Å²) in [6, 6.07) is 14.4. The smallest absolute Gasteiger partial charge is 0.223 e. The summed E-state index contributed by atoms with van der Waals surface area (Å²) in [4.78, 5) is 12.0. The molecule has 114 valence electrons. The fraction of sp³-hybridized carbons (Fsp3) is 0.278. The van der Waals surface area contributed by atoms with Crippen molar-refractivity contribution in [1.82, 2.24) is 5.32 Å². The number of benzene rings is 2. The minimum absolute atomic E-state index is 0.0713. The van der Waals surface area contributed by atoms with Crippen molar-refractivity contribution in [3.05, 3.63) is 65.5 Å². The predicted octanol–water partition coefficient (Wildman–Crippen LogP) is 3.40. The average molecular weight is 299 g/mol. The van der Waals surface area contributed by atoms with Crippen LogP contribution in [0.15, 0.2) is 48.5 Å². The van der Waals surface area contributed by atoms with Crippen molar-refractivity contribution < 1.29 is 13.9 Å². The highest BCUT2D eigenvalue weighted by Crippen LogP contribution is 2.30. The molecule has 1 N–H and O–H groups in total. The molecule has 0 heterocycles. The minimum atomic E-state index is -0.410. The molecule has 0 radical (unpaired) electrons. The van der Waals surface area contributed by atoms with Crippen LogP contribution in [0.1, 0.15) is 30.0 Å². The number of para-hydroxylation sites is 1. The van der Waals surface area contributed by atoms with Gasteiger partial charge < -0.3 is 10.1 Å². The van der Waals surface area contributed by atoms with Crippen LogP contribution in [-0.4, -0.2) is 12.5 Å². The molecule has 0 saturated heterocycles. The normalized spacial score (nSPS) is 16.1. The predicted molar refractivity (Wildman–Crippen MR) is 82.2 cm³/mol. The van der Waals surface area contributed by atoms with Gasteiger partial charge in [0.1, 0.15) is 0 Å². The number of hydrogen-bond acceptors (Lipinski definition) is 2. The molecule has 1 unspecified atom stereocenters. The van der Waals surface area contributed by atoms with Gasteiger partial charge in [0, 0.05) is 0 Å². The fourth-order valence-electron chi connectivity index (χ4n) is 2.79. The van der Waals surface area contributed by atoms with Crippen LogP contribution in [0.25, 0.3) is 0 Å². The van der Waals surface area contributed by atoms with Gasteiger partial charge in [-0.1, -0.05) is 36.4 Å². The Morgan fingerprint density at radius 2 is 1.95 bits per heavy atom. The van der Waals surface area contributed by atoms with Gasteiger partial charge >= 0.3 is 0 Å². The summed E-state index contributed by atoms with van der Waals surface area (Å²) in [5, 5.41) is 3.02. The first-order chi connectivity index (χ1) is 10.7. The van der Waals surface area contributed by atoms with Crippen molar-refractivity contribution in [3.8, 4) is 5.75 Å². The van der Waals surface area contributed by atoms with Crippen LogP contribution in [0.3, 0.4) is 0 Å². The van der Waals surface area contributed by atoms with E-state index in [2.05, 4.69) is 17.4 Å². The minimum Gasteiger partial charge on any atom is -0.490 e. The highest BCUT2D eigenvalue weighted by Gasteiger charge is 2.23. The Labute approximate surface area is 129 Å². The molecule has 0 saturated carbocycles. The molecule has 2 aromatic carbocycles. The highest BCUT2D eigenvalue weighted by molar-refractivity contribution is 5.76. The molecule has 1 aliphatic rings. The molecule has 0 bridgehead atoms. The molecule has 3 rings (SSSR count). The lowest BCUT2D eigenvalue weighted by Crippen LogP contribution is -2.28. The van der Waals surface area contributed by atoms with Crippen molar-refractivity contribution in [2.24, 2.45) is 0 Å². The summed E-state index contributed by atoms with van der Waals surface area (Å²) >= 11 is 0. The zero-order chi connectivity index (χ0) is 15.4. The van der Waals surface area contributed by atoms with Gasteiger partial charge in [-0.2, -0.15) is 0 Å². The van der Waals surface area contributed by atoms with Crippen molar-refractivity contribution >= 4 is 5.91 Å². The number of rotatable bonds is 5. The zero-order valence-corrected chi connectivity index (χ0v) is 12.2. The highest BCUT2D eigenvalue weighted by atomic mass is 19.1. The maximum absolute atomic E-state index is 13.4. The van der Waals surface area contributed by atoms with E-state index in [-0.39, 0.29) is 30.7 Å². The zero-order valence-electron chi connectivity index (χ0n) is 12.2. The number of carbonyl (C=O) groups is 1. The molecule has 0 spiro atoms. The Hall–Kier alpha value is -2.36. The summed E-state index contributed by atoms with van der Waals surface area (Å²) < 4.78 is 18.7. The van der Waals surface area contributed by atoms with Crippen LogP contribution in [-0.2, 0) is 11.2 Å². The Kier molecular flexibility index (Phi) is 4.37. The molecule has 0 aromatic heterocycles. The third kappa shape index (κ3) is 3.27. The molecule has 0 aliphatic heterocycles. The second-order valence-corrected chi connectivity index (χ2v) is 5.39. The number of halogens is 1. The van der Waals surface area contributed by atoms with E-state index in [1.807, 2.05) is 12.1 Å². The SMILES string of the molecule is O=C(CCOc1ccccc1F)NC1CCc2ccccc21. The number of ether oxygens (including phenoxy) is 1. The molecule has 4 heteroatoms. The summed E-state index contributed by atoms with van der Waals surface area (Å²) in [6.45, 7) is 0.168. The quantitative estimate of drug-likeness (QED) is 0.919. The van der Waals surface area contributed by atoms with E-state index in [9.17, 15) is 9.18 Å². The molecule has 1 aliphatic carbocycles. The Morgan fingerprint density at radius 1 is 1.18 bits per heavy atom. The number of hydrogen-bond donors (Lipinski definition) is 1. The van der Waals surface area contributed by atoms with E-state index in [4.69, 9.17) is 4.74 Å². The molecule has 3 nitrogen and oxygen atoms in total. The van der Waals surface area contributed by atoms with Gasteiger partial charge in [-0.25, -0.2) is 4.39 Å². The van der Waals surface area contributed by atoms with E-state index < -0.39 is 5.82 Å². The third-order valence-electron chi connectivity index (χ3n) is 3.89. The van der Waals surface area contributed by atoms with Crippen LogP contribution in [0, 0.1) is 5.82 Å². The first-order valence-corrected chi connectivity index (χ1v) is 7.48. The van der Waals surface area contributed by atoms with E-state index in [1.165, 1.54) is 17.2 Å². The van der Waals surface area contributed by atoms with E-state index in [0.717, 1.165) is 12.8 Å². The summed E-state index contributed by atoms with van der Waals surface area (Å²) in [7, 11) is 0. The Morgan fingerprint density at radius 3 is 2.82 bits per heavy atom. The molecule has 1 amide bonds. The van der Waals surface area contributed by atoms with Gasteiger partial charge in [-0.15, -0.1) is 0 Å². The first kappa shape index (κ1) is 14.6. The number of fused-ring (bicyclic) bond motifs is 1. The maximum Gasteiger partial charge on any atom is 0.223 e. The van der Waals surface area contributed by atoms with Crippen molar-refractivity contribution in [2.75, 3.05) is 6.61 Å². The van der Waals surface area contributed by atoms with Crippen LogP contribution < -0.4 is 10.1 Å². The average Bonchev–Trinajstić information content (AvgIpc) is 2.92. The van der Waals surface area contributed by atoms with Gasteiger partial charge in [-0.3, -0.25) is 4.79 Å². The molecule has 2 aromatic rings. The molecule has 1 atom stereocenters. The summed E-state index contributed by atoms with van der Waals surface area (Å²) in [5.74, 6) is -0.299. The second-order valence-electron chi connectivity index (χ2n) is 5.39. The maximum atomic E-state index is 13.4. The van der Waals surface area contributed by atoms with Gasteiger partial charge in [0.15, 0.2) is 11.6 Å². The standard InChI is InChI=1S/C18H18FNO2/c19-15-7-3-4-8-17(15)22-12-11-18(21)20-16-10-9-13-5-1-2-6-14(13)16/h1-8,16H,9-12H2,(H,20,21). The van der Waals surface area contributed by atoms with Crippen molar-refractivity contribution in [2.45, 2.75) is 25.3 Å². The van der Waals surface area contributed by atoms with Crippen LogP contribution in [0.4, 0.5) is 4.39 Å². The van der Waals surface area contributed by atoms with Crippen LogP contribution in [0.5, 0.6) is 5.75 Å². The van der Waals surface area contributed by atoms with E-state index >= 15 is 0 Å². The van der Waals surface area contributed by atoms with Crippen molar-refractivity contribution in [3.63, 3.8) is 0 Å². The number of carbonyl (C=O) groups excluding carboxylic acids is 1. The lowest BCUT2D eigenvalue weighted by Gasteiger charge is -2.14. The third-order valence-corrected chi connectivity index (χ3v) is 3.89. The van der Waals surface area contributed by atoms with Crippen molar-refractivity contribution in [1.29, 1.82) is 0 Å². The monoisotopic (exact) mass is 299 g/mol. The molecular formula is C18H18FNO2. The number of aryl methyl sites for hydroxylation is 1. The largest absolute Gasteiger partial charge is 0.490 e. The molecular weight excluding hydrogens is 281 g/mol. The molecule has 0 fully saturated rings. The van der Waals surface area contributed by atoms with Crippen LogP contribution in [0.2, 0.25) is 0 Å². The lowest BCUT2D eigenvalue weighted by atomic mass is 10.1. The first-order valence-electron chi connectivity index (χ1n) is 7.48. The second kappa shape index (κ2) is 6.60. The topological polar surface area (TPSA) is 38.3 Å². The number of nitrogens with one attached hydrogen (secondary N) is 1.